The van der Waals surface area contributed by atoms with Crippen LogP contribution < -0.4 is 55.6 Å². The van der Waals surface area contributed by atoms with Crippen LogP contribution in [0.1, 0.15) is 19.3 Å². The van der Waals surface area contributed by atoms with Gasteiger partial charge in [-0.25, -0.2) is 44.9 Å². The number of nitrogens with zero attached hydrogens (tertiary/aromatic N) is 15. The van der Waals surface area contributed by atoms with Crippen molar-refractivity contribution in [2.24, 2.45) is 17.8 Å². The number of aromatic nitrogens is 9. The number of fused-ring (bicyclic) bond motifs is 3. The van der Waals surface area contributed by atoms with Crippen LogP contribution in [-0.4, -0.2) is 324 Å². The van der Waals surface area contributed by atoms with Gasteiger partial charge in [0.2, 0.25) is 17.8 Å². The van der Waals surface area contributed by atoms with Crippen molar-refractivity contribution in [2.45, 2.75) is 37.4 Å². The van der Waals surface area contributed by atoms with E-state index in [-0.39, 0.29) is 53.2 Å². The summed E-state index contributed by atoms with van der Waals surface area (Å²) < 4.78 is 44.4. The second-order valence-electron chi connectivity index (χ2n) is 31.6. The lowest BCUT2D eigenvalue weighted by Gasteiger charge is -2.32. The topological polar surface area (TPSA) is 333 Å². The van der Waals surface area contributed by atoms with Crippen molar-refractivity contribution in [2.75, 3.05) is 246 Å². The Morgan fingerprint density at radius 1 is 0.423 bits per heavy atom. The fraction of sp³-hybridized carbons (Fsp3) is 0.461. The average Bonchev–Trinajstić information content (AvgIpc) is 1.36. The highest BCUT2D eigenvalue weighted by molar-refractivity contribution is 6.35. The summed E-state index contributed by atoms with van der Waals surface area (Å²) in [6.45, 7) is 31.2. The van der Waals surface area contributed by atoms with Gasteiger partial charge in [0.05, 0.1) is 120 Å². The van der Waals surface area contributed by atoms with Crippen molar-refractivity contribution in [3.05, 3.63) is 133 Å². The number of ketones is 3. The lowest BCUT2D eigenvalue weighted by atomic mass is 9.97. The van der Waals surface area contributed by atoms with Crippen LogP contribution in [0.25, 0.3) is 66.5 Å². The second-order valence-corrected chi connectivity index (χ2v) is 32.3. The van der Waals surface area contributed by atoms with Crippen LogP contribution in [0.15, 0.2) is 123 Å². The average molecular weight is 1720 g/mol. The number of allylic oxidation sites excluding steroid dienone is 3. The van der Waals surface area contributed by atoms with E-state index in [1.54, 1.807) is 60.2 Å². The molecule has 6 atom stereocenters. The van der Waals surface area contributed by atoms with Crippen molar-refractivity contribution >= 4 is 109 Å². The summed E-state index contributed by atoms with van der Waals surface area (Å²) in [5, 5.41) is 24.2. The fourth-order valence-electron chi connectivity index (χ4n) is 15.6. The lowest BCUT2D eigenvalue weighted by molar-refractivity contribution is -0.116. The summed E-state index contributed by atoms with van der Waals surface area (Å²) in [6, 6.07) is 20.5. The Balaban J connectivity index is 0.000000159. The molecule has 34 heteroatoms. The van der Waals surface area contributed by atoms with Crippen LogP contribution in [-0.2, 0) is 28.6 Å². The molecule has 9 aromatic rings. The zero-order valence-corrected chi connectivity index (χ0v) is 73.0. The molecule has 32 nitrogen and oxygen atoms in total. The van der Waals surface area contributed by atoms with E-state index in [1.807, 2.05) is 60.7 Å². The van der Waals surface area contributed by atoms with Crippen molar-refractivity contribution in [1.29, 1.82) is 0 Å². The van der Waals surface area contributed by atoms with E-state index < -0.39 is 0 Å². The molecule has 15 rings (SSSR count). The van der Waals surface area contributed by atoms with Crippen LogP contribution in [0.4, 0.5) is 35.3 Å². The van der Waals surface area contributed by atoms with Gasteiger partial charge < -0.3 is 84.5 Å². The smallest absolute Gasteiger partial charge is 0.223 e. The highest BCUT2D eigenvalue weighted by Gasteiger charge is 2.34. The second kappa shape index (κ2) is 43.6. The number of rotatable bonds is 35. The number of likely N-dealkylation sites (N-methyl/N-ethyl adjacent to an activating group) is 3. The molecule has 0 radical (unpaired) electrons. The maximum Gasteiger partial charge on any atom is 0.223 e. The van der Waals surface area contributed by atoms with Gasteiger partial charge in [0.25, 0.3) is 0 Å². The van der Waals surface area contributed by atoms with Crippen LogP contribution in [0.3, 0.4) is 0 Å². The Morgan fingerprint density at radius 2 is 0.772 bits per heavy atom. The van der Waals surface area contributed by atoms with Gasteiger partial charge >= 0.3 is 0 Å². The zero-order valence-electron chi connectivity index (χ0n) is 71.4. The van der Waals surface area contributed by atoms with E-state index >= 15 is 0 Å². The summed E-state index contributed by atoms with van der Waals surface area (Å²) in [5.41, 5.74) is 6.52. The van der Waals surface area contributed by atoms with Gasteiger partial charge in [-0.1, -0.05) is 55.1 Å². The van der Waals surface area contributed by atoms with E-state index in [9.17, 15) is 14.4 Å². The molecule has 6 fully saturated rings. The number of carbonyl (C=O) groups is 3. The van der Waals surface area contributed by atoms with Crippen molar-refractivity contribution < 1.29 is 52.3 Å². The first-order valence-electron chi connectivity index (χ1n) is 41.7. The molecule has 0 aliphatic carbocycles. The first-order valence-corrected chi connectivity index (χ1v) is 42.5. The number of pyridine rings is 3. The van der Waals surface area contributed by atoms with Crippen molar-refractivity contribution in [1.82, 2.24) is 74.3 Å². The van der Waals surface area contributed by atoms with Crippen LogP contribution >= 0.6 is 23.2 Å². The molecule has 0 amide bonds. The molecule has 6 saturated heterocycles. The predicted molar refractivity (Wildman–Crippen MR) is 483 cm³/mol. The third kappa shape index (κ3) is 23.8. The molecule has 6 aliphatic rings. The largest absolute Gasteiger partial charge is 0.497 e. The molecule has 123 heavy (non-hydrogen) atoms. The van der Waals surface area contributed by atoms with Crippen LogP contribution in [0.2, 0.25) is 10.0 Å². The molecule has 0 unspecified atom stereocenters. The standard InChI is InChI=1S/C30H38ClN7O4.C30H39N7O4.C29H36ClN7O3/c1-5-21(39)12-20-17-42-18-25(20)35-30-33-16-19-13-24(23-14-22(40-3)15-26(41-4)27(23)31)34-29(28(19)36-30)32-6-7-38-10-8-37(2)9-11-38;1-5-23(38)12-22-18-41-19-27(22)34-30-32-17-21-15-26(20-13-24(39-3)16-25(14-20)40-4)33-29(28(21)35-30)31-6-7-37-10-8-36(2)9-11-37;1-4-21(38)14-20-17-40-18-24(20)34-29-32-16-19-15-23(22-6-5-7-25(39-3)26(22)30)33-28(27(19)35-29)31-8-9-37-12-10-36(2)11-13-37/h5,13-16,20,25H,1,6-12,17-18H2,2-4H3,(H,32,34)(H,33,35,36);5,13-17,22,27H,1,6-12,18-19H2,2-4H3,(H,31,33)(H,32,34,35);4-7,15-16,20,24H,1,8-14,17-18H2,2-3H3,(H,31,33)(H,32,34,35)/t20-,25+;22-,27+;20-,24+/m000/s1. The molecule has 0 bridgehead atoms. The van der Waals surface area contributed by atoms with Gasteiger partial charge in [-0.2, -0.15) is 0 Å². The number of carbonyl (C=O) groups excluding carboxylic acids is 3. The molecule has 0 spiro atoms. The van der Waals surface area contributed by atoms with Crippen molar-refractivity contribution in [3.8, 4) is 62.5 Å². The molecule has 0 saturated carbocycles. The SMILES string of the molecule is C=CC(=O)C[C@H]1COC[C@H]1Nc1ncc2cc(-c3cc(OC)cc(OC)c3)nc(NCCN3CCN(C)CC3)c2n1.C=CC(=O)C[C@H]1COC[C@H]1Nc1ncc2cc(-c3cc(OC)cc(OC)c3Cl)nc(NCCN3CCN(C)CC3)c2n1.C=CC(=O)C[C@H]1COC[C@H]1Nc1ncc2cc(-c3cccc(OC)c3Cl)nc(NCCN3CCN(C)CC3)c2n1. The van der Waals surface area contributed by atoms with E-state index in [2.05, 4.69) is 117 Å². The number of piperazine rings is 3. The highest BCUT2D eigenvalue weighted by Crippen LogP contribution is 2.42. The maximum atomic E-state index is 12.0. The molecule has 12 heterocycles. The first-order chi connectivity index (χ1) is 59.8. The molecular weight excluding hydrogens is 1610 g/mol. The van der Waals surface area contributed by atoms with E-state index in [0.717, 1.165) is 150 Å². The number of nitrogens with one attached hydrogen (secondary N) is 6. The molecule has 654 valence electrons. The molecule has 6 N–H and O–H groups in total. The van der Waals surface area contributed by atoms with Gasteiger partial charge in [-0.15, -0.1) is 0 Å². The summed E-state index contributed by atoms with van der Waals surface area (Å²) in [5.74, 6) is 6.50. The number of methoxy groups -OCH3 is 5. The Morgan fingerprint density at radius 3 is 1.14 bits per heavy atom. The summed E-state index contributed by atoms with van der Waals surface area (Å²) in [7, 11) is 14.5. The van der Waals surface area contributed by atoms with Crippen LogP contribution in [0, 0.1) is 17.8 Å². The maximum absolute atomic E-state index is 12.0. The van der Waals surface area contributed by atoms with Gasteiger partial charge in [0.1, 0.15) is 45.3 Å². The third-order valence-electron chi connectivity index (χ3n) is 23.1. The molecule has 6 aliphatic heterocycles. The molecular formula is C89H113Cl2N21O11. The Bertz CT molecular complexity index is 5150. The van der Waals surface area contributed by atoms with E-state index in [0.29, 0.717) is 168 Å². The quantitative estimate of drug-likeness (QED) is 0.0201. The predicted octanol–water partition coefficient (Wildman–Crippen LogP) is 10.1. The Hall–Kier alpha value is -10.6. The Labute approximate surface area is 728 Å². The van der Waals surface area contributed by atoms with Gasteiger partial charge in [0, 0.05) is 218 Å². The summed E-state index contributed by atoms with van der Waals surface area (Å²) in [6.07, 6.45) is 10.6. The van der Waals surface area contributed by atoms with E-state index in [1.165, 1.54) is 18.2 Å². The number of ether oxygens (including phenoxy) is 8. The van der Waals surface area contributed by atoms with Crippen LogP contribution in [0.5, 0.6) is 28.7 Å². The fourth-order valence-corrected chi connectivity index (χ4v) is 16.2. The monoisotopic (exact) mass is 1720 g/mol. The number of benzene rings is 3. The van der Waals surface area contributed by atoms with E-state index in [4.69, 9.17) is 91.0 Å². The molecule has 6 aromatic heterocycles. The first kappa shape index (κ1) is 90.1. The van der Waals surface area contributed by atoms with Gasteiger partial charge in [-0.05, 0) is 81.8 Å². The molecule has 3 aromatic carbocycles. The number of halogens is 2. The minimum atomic E-state index is -0.0877. The van der Waals surface area contributed by atoms with Gasteiger partial charge in [0.15, 0.2) is 34.8 Å². The highest BCUT2D eigenvalue weighted by atomic mass is 35.5. The van der Waals surface area contributed by atoms with Gasteiger partial charge in [-0.3, -0.25) is 29.1 Å². The summed E-state index contributed by atoms with van der Waals surface area (Å²) in [4.78, 5) is 93.6. The number of hydrogen-bond acceptors (Lipinski definition) is 32. The minimum Gasteiger partial charge on any atom is -0.497 e. The normalized spacial score (nSPS) is 19.7. The number of anilines is 6. The third-order valence-corrected chi connectivity index (χ3v) is 23.9. The minimum absolute atomic E-state index is 0.00139. The lowest BCUT2D eigenvalue weighted by Crippen LogP contribution is -2.45. The van der Waals surface area contributed by atoms with Crippen molar-refractivity contribution in [3.63, 3.8) is 0 Å². The zero-order chi connectivity index (χ0) is 86.5. The Kier molecular flexibility index (Phi) is 32.0. The number of hydrogen-bond donors (Lipinski definition) is 6. The summed E-state index contributed by atoms with van der Waals surface area (Å²) >= 11 is 13.4.